The maximum atomic E-state index is 14.9. The standard InChI is InChI=1S/C52H33NO4S2/c54-58(55)51-47(37-27-23-35(24-28-37)43-21-9-15-33-11-1-5-17-41(33)43)31-39-13-3-7-19-45(39)49(51)50-46-20-8-4-14-40(46)32-48(52(50)59(56,57)53-58)38-29-25-36(26-30-38)44-22-10-16-34-12-2-6-18-42(34)44/h1-32,53H. The van der Waals surface area contributed by atoms with Crippen LogP contribution in [-0.4, -0.2) is 16.8 Å². The topological polar surface area (TPSA) is 80.3 Å². The van der Waals surface area contributed by atoms with Gasteiger partial charge in [0, 0.05) is 22.3 Å². The number of benzene rings is 10. The van der Waals surface area contributed by atoms with Gasteiger partial charge in [0.25, 0.3) is 20.0 Å². The summed E-state index contributed by atoms with van der Waals surface area (Å²) in [7, 11) is -9.37. The fraction of sp³-hybridized carbons (Fsp3) is 0. The van der Waals surface area contributed by atoms with Gasteiger partial charge in [0.2, 0.25) is 0 Å². The number of rotatable bonds is 4. The Labute approximate surface area is 342 Å². The van der Waals surface area contributed by atoms with E-state index < -0.39 is 20.0 Å². The van der Waals surface area contributed by atoms with E-state index in [-0.39, 0.29) is 9.79 Å². The van der Waals surface area contributed by atoms with Gasteiger partial charge in [-0.2, -0.15) is 0 Å². The van der Waals surface area contributed by atoms with Crippen molar-refractivity contribution >= 4 is 63.1 Å². The van der Waals surface area contributed by atoms with Gasteiger partial charge >= 0.3 is 0 Å². The van der Waals surface area contributed by atoms with Crippen LogP contribution in [0.4, 0.5) is 0 Å². The van der Waals surface area contributed by atoms with Crippen molar-refractivity contribution in [3.63, 3.8) is 0 Å². The Morgan fingerprint density at radius 2 is 0.593 bits per heavy atom. The van der Waals surface area contributed by atoms with Crippen LogP contribution in [0.5, 0.6) is 0 Å². The lowest BCUT2D eigenvalue weighted by Crippen LogP contribution is -2.30. The number of fused-ring (bicyclic) bond motifs is 9. The van der Waals surface area contributed by atoms with Crippen LogP contribution in [0.3, 0.4) is 0 Å². The average molecular weight is 800 g/mol. The summed E-state index contributed by atoms with van der Waals surface area (Å²) in [5.74, 6) is 0. The van der Waals surface area contributed by atoms with Gasteiger partial charge in [-0.25, -0.2) is 16.8 Å². The first kappa shape index (κ1) is 35.3. The Morgan fingerprint density at radius 3 is 0.983 bits per heavy atom. The van der Waals surface area contributed by atoms with E-state index in [2.05, 4.69) is 52.7 Å². The van der Waals surface area contributed by atoms with E-state index in [1.807, 2.05) is 146 Å². The molecule has 59 heavy (non-hydrogen) atoms. The van der Waals surface area contributed by atoms with Gasteiger partial charge in [0.15, 0.2) is 0 Å². The zero-order chi connectivity index (χ0) is 39.9. The molecule has 10 aromatic carbocycles. The second-order valence-electron chi connectivity index (χ2n) is 15.0. The van der Waals surface area contributed by atoms with Crippen LogP contribution in [0, 0.1) is 0 Å². The first-order valence-electron chi connectivity index (χ1n) is 19.3. The Bertz CT molecular complexity index is 3350. The van der Waals surface area contributed by atoms with Crippen molar-refractivity contribution in [2.75, 3.05) is 0 Å². The third kappa shape index (κ3) is 5.69. The monoisotopic (exact) mass is 799 g/mol. The summed E-state index contributed by atoms with van der Waals surface area (Å²) in [5, 5.41) is 7.31. The minimum Gasteiger partial charge on any atom is -0.206 e. The van der Waals surface area contributed by atoms with Crippen LogP contribution in [0.25, 0.3) is 98.7 Å². The molecule has 282 valence electrons. The fourth-order valence-electron chi connectivity index (χ4n) is 8.98. The smallest absolute Gasteiger partial charge is 0.206 e. The summed E-state index contributed by atoms with van der Waals surface area (Å²) in [4.78, 5) is -0.157. The summed E-state index contributed by atoms with van der Waals surface area (Å²) in [6.07, 6.45) is 0. The molecule has 0 saturated carbocycles. The molecule has 0 fully saturated rings. The highest BCUT2D eigenvalue weighted by Crippen LogP contribution is 2.51. The highest BCUT2D eigenvalue weighted by Gasteiger charge is 2.40. The van der Waals surface area contributed by atoms with Gasteiger partial charge in [-0.15, -0.1) is 4.13 Å². The van der Waals surface area contributed by atoms with Gasteiger partial charge in [-0.3, -0.25) is 0 Å². The van der Waals surface area contributed by atoms with Crippen molar-refractivity contribution in [2.45, 2.75) is 9.79 Å². The minimum absolute atomic E-state index is 0.0787. The third-order valence-corrected chi connectivity index (χ3v) is 15.3. The molecule has 0 unspecified atom stereocenters. The molecular formula is C52H33NO4S2. The van der Waals surface area contributed by atoms with Gasteiger partial charge in [0.05, 0.1) is 9.79 Å². The van der Waals surface area contributed by atoms with Crippen LogP contribution in [0.2, 0.25) is 0 Å². The molecule has 5 nitrogen and oxygen atoms in total. The molecule has 0 aromatic heterocycles. The lowest BCUT2D eigenvalue weighted by molar-refractivity contribution is 0.579. The predicted molar refractivity (Wildman–Crippen MR) is 241 cm³/mol. The Balaban J connectivity index is 1.17. The maximum absolute atomic E-state index is 14.9. The molecule has 0 bridgehead atoms. The van der Waals surface area contributed by atoms with E-state index in [0.717, 1.165) is 54.6 Å². The molecule has 1 heterocycles. The highest BCUT2D eigenvalue weighted by molar-refractivity contribution is 8.05. The average Bonchev–Trinajstić information content (AvgIpc) is 3.34. The van der Waals surface area contributed by atoms with Crippen LogP contribution < -0.4 is 4.13 Å². The van der Waals surface area contributed by atoms with E-state index in [4.69, 9.17) is 0 Å². The lowest BCUT2D eigenvalue weighted by atomic mass is 9.87. The van der Waals surface area contributed by atoms with Crippen LogP contribution >= 0.6 is 0 Å². The molecule has 1 aliphatic rings. The summed E-state index contributed by atoms with van der Waals surface area (Å²) < 4.78 is 61.6. The molecular weight excluding hydrogens is 767 g/mol. The maximum Gasteiger partial charge on any atom is 0.255 e. The van der Waals surface area contributed by atoms with Crippen molar-refractivity contribution < 1.29 is 16.8 Å². The Hall–Kier alpha value is -6.90. The summed E-state index contributed by atoms with van der Waals surface area (Å²) >= 11 is 0. The molecule has 0 radical (unpaired) electrons. The quantitative estimate of drug-likeness (QED) is 0.192. The molecule has 0 atom stereocenters. The van der Waals surface area contributed by atoms with Crippen molar-refractivity contribution in [3.05, 3.63) is 194 Å². The van der Waals surface area contributed by atoms with Crippen molar-refractivity contribution in [3.8, 4) is 55.6 Å². The third-order valence-electron chi connectivity index (χ3n) is 11.6. The molecule has 1 aliphatic heterocycles. The number of nitrogens with one attached hydrogen (secondary N) is 1. The molecule has 0 aliphatic carbocycles. The van der Waals surface area contributed by atoms with E-state index in [1.165, 1.54) is 0 Å². The van der Waals surface area contributed by atoms with Gasteiger partial charge in [-0.05, 0) is 88.6 Å². The molecule has 11 rings (SSSR count). The Morgan fingerprint density at radius 1 is 0.288 bits per heavy atom. The Kier molecular flexibility index (Phi) is 7.97. The number of hydrogen-bond acceptors (Lipinski definition) is 4. The number of hydrogen-bond donors (Lipinski definition) is 1. The van der Waals surface area contributed by atoms with Crippen LogP contribution in [0.15, 0.2) is 204 Å². The van der Waals surface area contributed by atoms with Gasteiger partial charge in [0.1, 0.15) is 0 Å². The molecule has 0 amide bonds. The van der Waals surface area contributed by atoms with Crippen molar-refractivity contribution in [2.24, 2.45) is 0 Å². The largest absolute Gasteiger partial charge is 0.255 e. The van der Waals surface area contributed by atoms with Crippen molar-refractivity contribution in [1.29, 1.82) is 0 Å². The number of sulfonamides is 2. The summed E-state index contributed by atoms with van der Waals surface area (Å²) in [5.41, 5.74) is 6.90. The zero-order valence-corrected chi connectivity index (χ0v) is 33.1. The highest BCUT2D eigenvalue weighted by atomic mass is 32.3. The summed E-state index contributed by atoms with van der Waals surface area (Å²) in [6, 6.07) is 63.4. The molecule has 1 N–H and O–H groups in total. The first-order valence-corrected chi connectivity index (χ1v) is 22.3. The van der Waals surface area contributed by atoms with E-state index in [1.54, 1.807) is 0 Å². The SMILES string of the molecule is O=S1(=O)NS(=O)(=O)c2c(-c3ccc(-c4cccc5ccccc45)cc3)cc3ccccc3c2-c2c1c(-c1ccc(-c3cccc4ccccc34)cc1)cc1ccccc21. The van der Waals surface area contributed by atoms with E-state index in [0.29, 0.717) is 44.2 Å². The normalized spacial score (nSPS) is 14.2. The second-order valence-corrected chi connectivity index (χ2v) is 18.5. The molecule has 10 aromatic rings. The molecule has 0 saturated heterocycles. The summed E-state index contributed by atoms with van der Waals surface area (Å²) in [6.45, 7) is 0. The molecule has 7 heteroatoms. The first-order chi connectivity index (χ1) is 28.7. The minimum atomic E-state index is -4.68. The predicted octanol–water partition coefficient (Wildman–Crippen LogP) is 12.6. The fourth-order valence-corrected chi connectivity index (χ4v) is 12.7. The van der Waals surface area contributed by atoms with E-state index >= 15 is 0 Å². The zero-order valence-electron chi connectivity index (χ0n) is 31.4. The molecule has 0 spiro atoms. The van der Waals surface area contributed by atoms with Gasteiger partial charge < -0.3 is 0 Å². The van der Waals surface area contributed by atoms with Crippen molar-refractivity contribution in [1.82, 2.24) is 4.13 Å². The van der Waals surface area contributed by atoms with E-state index in [9.17, 15) is 16.8 Å². The van der Waals surface area contributed by atoms with Gasteiger partial charge in [-0.1, -0.05) is 182 Å². The second kappa shape index (κ2) is 13.3. The van der Waals surface area contributed by atoms with Crippen LogP contribution in [0.1, 0.15) is 0 Å². The lowest BCUT2D eigenvalue weighted by Gasteiger charge is -2.20. The van der Waals surface area contributed by atoms with Crippen LogP contribution in [-0.2, 0) is 20.0 Å².